The van der Waals surface area contributed by atoms with Crippen LogP contribution in [-0.4, -0.2) is 56.1 Å². The van der Waals surface area contributed by atoms with Crippen molar-refractivity contribution in [1.82, 2.24) is 4.31 Å². The molecule has 0 radical (unpaired) electrons. The zero-order valence-electron chi connectivity index (χ0n) is 17.3. The zero-order valence-corrected chi connectivity index (χ0v) is 18.1. The fourth-order valence-corrected chi connectivity index (χ4v) is 5.16. The van der Waals surface area contributed by atoms with Crippen molar-refractivity contribution in [1.29, 1.82) is 0 Å². The van der Waals surface area contributed by atoms with E-state index in [0.29, 0.717) is 31.4 Å². The van der Waals surface area contributed by atoms with E-state index in [9.17, 15) is 31.5 Å². The molecule has 1 saturated heterocycles. The van der Waals surface area contributed by atoms with Gasteiger partial charge in [0.15, 0.2) is 17.5 Å². The van der Waals surface area contributed by atoms with E-state index in [1.54, 1.807) is 0 Å². The maximum absolute atomic E-state index is 13.4. The number of hydrogen-bond donors (Lipinski definition) is 2. The molecule has 0 aliphatic carbocycles. The molecule has 1 aliphatic heterocycles. The number of rotatable bonds is 7. The molecule has 0 spiro atoms. The fraction of sp³-hybridized carbons (Fsp3) is 0.381. The highest BCUT2D eigenvalue weighted by Crippen LogP contribution is 2.32. The average Bonchev–Trinajstić information content (AvgIpc) is 2.78. The number of carbonyl (C=O) groups excluding carboxylic acids is 1. The minimum atomic E-state index is -3.92. The quantitative estimate of drug-likeness (QED) is 0.605. The van der Waals surface area contributed by atoms with Crippen molar-refractivity contribution in [2.24, 2.45) is 0 Å². The third kappa shape index (κ3) is 4.96. The summed E-state index contributed by atoms with van der Waals surface area (Å²) in [4.78, 5) is 12.4. The van der Waals surface area contributed by atoms with Crippen LogP contribution in [0.4, 0.5) is 18.9 Å². The Morgan fingerprint density at radius 1 is 1.16 bits per heavy atom. The lowest BCUT2D eigenvalue weighted by atomic mass is 9.89. The van der Waals surface area contributed by atoms with E-state index in [4.69, 9.17) is 4.74 Å². The van der Waals surface area contributed by atoms with Crippen LogP contribution in [-0.2, 0) is 14.8 Å². The molecule has 0 aromatic heterocycles. The Morgan fingerprint density at radius 2 is 1.78 bits per heavy atom. The van der Waals surface area contributed by atoms with E-state index < -0.39 is 39.0 Å². The van der Waals surface area contributed by atoms with Crippen LogP contribution in [0.2, 0.25) is 0 Å². The number of amides is 1. The highest BCUT2D eigenvalue weighted by atomic mass is 32.2. The number of piperidine rings is 1. The van der Waals surface area contributed by atoms with Crippen molar-refractivity contribution in [3.05, 3.63) is 59.4 Å². The number of methoxy groups -OCH3 is 1. The molecular weight excluding hydrogens is 449 g/mol. The summed E-state index contributed by atoms with van der Waals surface area (Å²) in [5.74, 6) is -5.40. The first-order valence-corrected chi connectivity index (χ1v) is 11.3. The predicted octanol–water partition coefficient (Wildman–Crippen LogP) is 2.91. The third-order valence-corrected chi connectivity index (χ3v) is 7.50. The first kappa shape index (κ1) is 24.2. The van der Waals surface area contributed by atoms with Gasteiger partial charge >= 0.3 is 0 Å². The van der Waals surface area contributed by atoms with Gasteiger partial charge in [0.05, 0.1) is 10.5 Å². The summed E-state index contributed by atoms with van der Waals surface area (Å²) in [7, 11) is -2.39. The Bertz CT molecular complexity index is 1080. The second-order valence-corrected chi connectivity index (χ2v) is 9.44. The van der Waals surface area contributed by atoms with E-state index in [0.717, 1.165) is 6.07 Å². The van der Waals surface area contributed by atoms with Crippen molar-refractivity contribution in [3.63, 3.8) is 0 Å². The predicted molar refractivity (Wildman–Crippen MR) is 110 cm³/mol. The molecular formula is C21H23F3N2O5S. The normalized spacial score (nSPS) is 16.7. The van der Waals surface area contributed by atoms with Gasteiger partial charge in [0.1, 0.15) is 0 Å². The lowest BCUT2D eigenvalue weighted by Crippen LogP contribution is -2.48. The second kappa shape index (κ2) is 9.57. The summed E-state index contributed by atoms with van der Waals surface area (Å²) < 4.78 is 72.8. The van der Waals surface area contributed by atoms with Crippen LogP contribution < -0.4 is 5.32 Å². The van der Waals surface area contributed by atoms with Crippen molar-refractivity contribution in [2.45, 2.75) is 29.8 Å². The molecule has 7 nitrogen and oxygen atoms in total. The van der Waals surface area contributed by atoms with Crippen LogP contribution in [0, 0.1) is 17.5 Å². The Morgan fingerprint density at radius 3 is 2.34 bits per heavy atom. The summed E-state index contributed by atoms with van der Waals surface area (Å²) in [6.45, 7) is 0.293. The van der Waals surface area contributed by atoms with Gasteiger partial charge < -0.3 is 15.2 Å². The summed E-state index contributed by atoms with van der Waals surface area (Å²) >= 11 is 0. The number of aliphatic hydroxyl groups is 1. The lowest BCUT2D eigenvalue weighted by molar-refractivity contribution is -0.0598. The smallest absolute Gasteiger partial charge is 0.255 e. The number of aliphatic hydroxyl groups excluding tert-OH is 1. The Kier molecular flexibility index (Phi) is 7.23. The summed E-state index contributed by atoms with van der Waals surface area (Å²) in [5.41, 5.74) is -0.947. The number of anilines is 1. The SMILES string of the molecule is COC1(CCO)CCN(S(=O)(=O)c2cccc(C(=O)Nc3cc(F)c(F)c(F)c3)c2)CC1. The second-order valence-electron chi connectivity index (χ2n) is 7.50. The summed E-state index contributed by atoms with van der Waals surface area (Å²) in [5, 5.41) is 11.5. The third-order valence-electron chi connectivity index (χ3n) is 5.61. The maximum atomic E-state index is 13.4. The van der Waals surface area contributed by atoms with E-state index in [1.165, 1.54) is 29.6 Å². The molecule has 1 fully saturated rings. The van der Waals surface area contributed by atoms with Gasteiger partial charge in [-0.15, -0.1) is 0 Å². The van der Waals surface area contributed by atoms with Gasteiger partial charge in [-0.2, -0.15) is 4.31 Å². The molecule has 0 saturated carbocycles. The first-order chi connectivity index (χ1) is 15.1. The molecule has 0 unspecified atom stereocenters. The Labute approximate surface area is 183 Å². The molecule has 174 valence electrons. The van der Waals surface area contributed by atoms with Gasteiger partial charge in [0, 0.05) is 50.2 Å². The van der Waals surface area contributed by atoms with Crippen molar-refractivity contribution >= 4 is 21.6 Å². The van der Waals surface area contributed by atoms with Crippen LogP contribution in [0.25, 0.3) is 0 Å². The fourth-order valence-electron chi connectivity index (χ4n) is 3.67. The number of carbonyl (C=O) groups is 1. The molecule has 3 rings (SSSR count). The molecule has 2 N–H and O–H groups in total. The molecule has 1 aliphatic rings. The van der Waals surface area contributed by atoms with Gasteiger partial charge in [-0.05, 0) is 37.5 Å². The molecule has 0 bridgehead atoms. The van der Waals surface area contributed by atoms with Crippen molar-refractivity contribution in [3.8, 4) is 0 Å². The van der Waals surface area contributed by atoms with Crippen molar-refractivity contribution in [2.75, 3.05) is 32.1 Å². The standard InChI is InChI=1S/C21H23F3N2O5S/c1-31-21(7-10-27)5-8-26(9-6-21)32(29,30)16-4-2-3-14(11-16)20(28)25-15-12-17(22)19(24)18(23)13-15/h2-4,11-13,27H,5-10H2,1H3,(H,25,28). The van der Waals surface area contributed by atoms with Gasteiger partial charge in [-0.1, -0.05) is 6.07 Å². The highest BCUT2D eigenvalue weighted by molar-refractivity contribution is 7.89. The Balaban J connectivity index is 1.77. The number of nitrogens with zero attached hydrogens (tertiary/aromatic N) is 1. The van der Waals surface area contributed by atoms with E-state index >= 15 is 0 Å². The van der Waals surface area contributed by atoms with Gasteiger partial charge in [0.25, 0.3) is 5.91 Å². The number of ether oxygens (including phenoxy) is 1. The zero-order chi connectivity index (χ0) is 23.5. The van der Waals surface area contributed by atoms with Gasteiger partial charge in [-0.25, -0.2) is 21.6 Å². The number of halogens is 3. The van der Waals surface area contributed by atoms with Crippen molar-refractivity contribution < 1.29 is 36.2 Å². The minimum Gasteiger partial charge on any atom is -0.396 e. The molecule has 1 heterocycles. The van der Waals surface area contributed by atoms with Crippen LogP contribution in [0.15, 0.2) is 41.3 Å². The Hall–Kier alpha value is -2.47. The molecule has 2 aromatic carbocycles. The van der Waals surface area contributed by atoms with E-state index in [-0.39, 0.29) is 35.8 Å². The molecule has 11 heteroatoms. The molecule has 2 aromatic rings. The number of benzene rings is 2. The topological polar surface area (TPSA) is 95.9 Å². The van der Waals surface area contributed by atoms with E-state index in [2.05, 4.69) is 5.32 Å². The summed E-state index contributed by atoms with van der Waals surface area (Å²) in [6.07, 6.45) is 1.22. The van der Waals surface area contributed by atoms with Crippen LogP contribution in [0.1, 0.15) is 29.6 Å². The summed E-state index contributed by atoms with van der Waals surface area (Å²) in [6, 6.07) is 6.47. The van der Waals surface area contributed by atoms with Gasteiger partial charge in [-0.3, -0.25) is 4.79 Å². The maximum Gasteiger partial charge on any atom is 0.255 e. The lowest BCUT2D eigenvalue weighted by Gasteiger charge is -2.40. The van der Waals surface area contributed by atoms with Crippen LogP contribution in [0.3, 0.4) is 0 Å². The van der Waals surface area contributed by atoms with E-state index in [1.807, 2.05) is 0 Å². The average molecular weight is 472 g/mol. The number of hydrogen-bond acceptors (Lipinski definition) is 5. The number of sulfonamides is 1. The monoisotopic (exact) mass is 472 g/mol. The highest BCUT2D eigenvalue weighted by Gasteiger charge is 2.38. The minimum absolute atomic E-state index is 0.0558. The largest absolute Gasteiger partial charge is 0.396 e. The molecule has 1 amide bonds. The van der Waals surface area contributed by atoms with Crippen LogP contribution >= 0.6 is 0 Å². The molecule has 32 heavy (non-hydrogen) atoms. The number of nitrogens with one attached hydrogen (secondary N) is 1. The van der Waals surface area contributed by atoms with Gasteiger partial charge in [0.2, 0.25) is 10.0 Å². The van der Waals surface area contributed by atoms with Crippen LogP contribution in [0.5, 0.6) is 0 Å². The molecule has 0 atom stereocenters. The first-order valence-electron chi connectivity index (χ1n) is 9.84.